The number of amides is 3. The van der Waals surface area contributed by atoms with Gasteiger partial charge in [-0.25, -0.2) is 4.39 Å². The molecule has 0 radical (unpaired) electrons. The molecule has 0 aliphatic carbocycles. The van der Waals surface area contributed by atoms with E-state index in [2.05, 4.69) is 0 Å². The first-order chi connectivity index (χ1) is 13.0. The first-order valence-corrected chi connectivity index (χ1v) is 9.04. The summed E-state index contributed by atoms with van der Waals surface area (Å²) >= 11 is 0. The van der Waals surface area contributed by atoms with Crippen molar-refractivity contribution in [3.05, 3.63) is 65.5 Å². The van der Waals surface area contributed by atoms with Gasteiger partial charge in [0.1, 0.15) is 5.82 Å². The number of carbonyl (C=O) groups is 3. The molecule has 2 aromatic carbocycles. The summed E-state index contributed by atoms with van der Waals surface area (Å²) in [6, 6.07) is 12.4. The first kappa shape index (κ1) is 18.8. The van der Waals surface area contributed by atoms with Gasteiger partial charge in [-0.3, -0.25) is 19.3 Å². The summed E-state index contributed by atoms with van der Waals surface area (Å²) in [6.07, 6.45) is 1.91. The highest BCUT2D eigenvalue weighted by atomic mass is 19.1. The van der Waals surface area contributed by atoms with Crippen molar-refractivity contribution in [3.8, 4) is 0 Å². The second-order valence-corrected chi connectivity index (χ2v) is 6.44. The summed E-state index contributed by atoms with van der Waals surface area (Å²) < 4.78 is 13.6. The Hall–Kier alpha value is -3.02. The van der Waals surface area contributed by atoms with Gasteiger partial charge in [0.15, 0.2) is 0 Å². The summed E-state index contributed by atoms with van der Waals surface area (Å²) in [5, 5.41) is 0. The zero-order chi connectivity index (χ0) is 19.4. The third kappa shape index (κ3) is 3.89. The van der Waals surface area contributed by atoms with Crippen molar-refractivity contribution < 1.29 is 18.8 Å². The SMILES string of the molecule is CCCCC(=O)N(CCN1C(=O)c2ccccc2C1=O)c1cccc(F)c1. The maximum absolute atomic E-state index is 13.6. The van der Waals surface area contributed by atoms with Crippen LogP contribution >= 0.6 is 0 Å². The second-order valence-electron chi connectivity index (χ2n) is 6.44. The number of imide groups is 1. The maximum atomic E-state index is 13.6. The molecule has 3 amide bonds. The molecule has 0 bridgehead atoms. The molecular weight excluding hydrogens is 347 g/mol. The third-order valence-corrected chi connectivity index (χ3v) is 4.59. The lowest BCUT2D eigenvalue weighted by molar-refractivity contribution is -0.118. The number of halogens is 1. The Bertz CT molecular complexity index is 846. The molecule has 140 valence electrons. The van der Waals surface area contributed by atoms with Gasteiger partial charge in [0.2, 0.25) is 5.91 Å². The Morgan fingerprint density at radius 3 is 2.30 bits per heavy atom. The summed E-state index contributed by atoms with van der Waals surface area (Å²) in [5.41, 5.74) is 1.17. The van der Waals surface area contributed by atoms with Gasteiger partial charge < -0.3 is 4.90 Å². The molecule has 2 aromatic rings. The fourth-order valence-corrected chi connectivity index (χ4v) is 3.15. The van der Waals surface area contributed by atoms with Gasteiger partial charge in [-0.05, 0) is 36.8 Å². The van der Waals surface area contributed by atoms with Crippen LogP contribution in [0.25, 0.3) is 0 Å². The van der Waals surface area contributed by atoms with Crippen LogP contribution < -0.4 is 4.90 Å². The first-order valence-electron chi connectivity index (χ1n) is 9.04. The predicted molar refractivity (Wildman–Crippen MR) is 100 cm³/mol. The molecule has 5 nitrogen and oxygen atoms in total. The van der Waals surface area contributed by atoms with E-state index < -0.39 is 5.82 Å². The smallest absolute Gasteiger partial charge is 0.261 e. The molecular formula is C21H21FN2O3. The fraction of sp³-hybridized carbons (Fsp3) is 0.286. The van der Waals surface area contributed by atoms with E-state index in [1.807, 2.05) is 6.92 Å². The highest BCUT2D eigenvalue weighted by Crippen LogP contribution is 2.23. The number of hydrogen-bond donors (Lipinski definition) is 0. The van der Waals surface area contributed by atoms with Gasteiger partial charge in [-0.2, -0.15) is 0 Å². The number of hydrogen-bond acceptors (Lipinski definition) is 3. The van der Waals surface area contributed by atoms with Crippen LogP contribution in [0.4, 0.5) is 10.1 Å². The molecule has 0 fully saturated rings. The molecule has 1 aliphatic heterocycles. The van der Waals surface area contributed by atoms with Crippen LogP contribution in [0.1, 0.15) is 46.9 Å². The molecule has 3 rings (SSSR count). The van der Waals surface area contributed by atoms with Crippen LogP contribution in [-0.4, -0.2) is 35.7 Å². The molecule has 0 saturated carbocycles. The van der Waals surface area contributed by atoms with Gasteiger partial charge in [-0.15, -0.1) is 0 Å². The molecule has 0 spiro atoms. The van der Waals surface area contributed by atoms with E-state index in [-0.39, 0.29) is 30.8 Å². The van der Waals surface area contributed by atoms with Gasteiger partial charge in [0.25, 0.3) is 11.8 Å². The highest BCUT2D eigenvalue weighted by Gasteiger charge is 2.35. The van der Waals surface area contributed by atoms with E-state index in [0.29, 0.717) is 23.2 Å². The highest BCUT2D eigenvalue weighted by molar-refractivity contribution is 6.21. The summed E-state index contributed by atoms with van der Waals surface area (Å²) in [7, 11) is 0. The van der Waals surface area contributed by atoms with Gasteiger partial charge in [0, 0.05) is 25.2 Å². The van der Waals surface area contributed by atoms with Crippen LogP contribution in [0.15, 0.2) is 48.5 Å². The standard InChI is InChI=1S/C21H21FN2O3/c1-2-3-11-19(25)23(16-8-6-7-15(22)14-16)12-13-24-20(26)17-9-4-5-10-18(17)21(24)27/h4-10,14H,2-3,11-13H2,1H3. The van der Waals surface area contributed by atoms with Crippen LogP contribution in [0.3, 0.4) is 0 Å². The number of rotatable bonds is 7. The van der Waals surface area contributed by atoms with E-state index in [1.54, 1.807) is 30.3 Å². The molecule has 0 atom stereocenters. The molecule has 6 heteroatoms. The van der Waals surface area contributed by atoms with Gasteiger partial charge in [-0.1, -0.05) is 31.5 Å². The zero-order valence-corrected chi connectivity index (χ0v) is 15.2. The summed E-state index contributed by atoms with van der Waals surface area (Å²) in [6.45, 7) is 2.16. The number of fused-ring (bicyclic) bond motifs is 1. The minimum atomic E-state index is -0.443. The topological polar surface area (TPSA) is 57.7 Å². The van der Waals surface area contributed by atoms with Crippen LogP contribution in [0, 0.1) is 5.82 Å². The second kappa shape index (κ2) is 8.12. The van der Waals surface area contributed by atoms with Crippen molar-refractivity contribution in [1.29, 1.82) is 0 Å². The van der Waals surface area contributed by atoms with Crippen molar-refractivity contribution >= 4 is 23.4 Å². The number of unbranched alkanes of at least 4 members (excludes halogenated alkanes) is 1. The average Bonchev–Trinajstić information content (AvgIpc) is 2.91. The Balaban J connectivity index is 1.78. The lowest BCUT2D eigenvalue weighted by Crippen LogP contribution is -2.41. The molecule has 0 saturated heterocycles. The molecule has 27 heavy (non-hydrogen) atoms. The quantitative estimate of drug-likeness (QED) is 0.701. The number of benzene rings is 2. The third-order valence-electron chi connectivity index (χ3n) is 4.59. The van der Waals surface area contributed by atoms with E-state index in [1.165, 1.54) is 23.1 Å². The number of anilines is 1. The number of nitrogens with zero attached hydrogens (tertiary/aromatic N) is 2. The van der Waals surface area contributed by atoms with Gasteiger partial charge in [0.05, 0.1) is 11.1 Å². The Morgan fingerprint density at radius 1 is 1.04 bits per heavy atom. The lowest BCUT2D eigenvalue weighted by Gasteiger charge is -2.25. The molecule has 0 aromatic heterocycles. The van der Waals surface area contributed by atoms with Crippen LogP contribution in [0.2, 0.25) is 0 Å². The van der Waals surface area contributed by atoms with Crippen molar-refractivity contribution in [3.63, 3.8) is 0 Å². The van der Waals surface area contributed by atoms with E-state index in [4.69, 9.17) is 0 Å². The van der Waals surface area contributed by atoms with Crippen molar-refractivity contribution in [2.75, 3.05) is 18.0 Å². The van der Waals surface area contributed by atoms with Crippen molar-refractivity contribution in [1.82, 2.24) is 4.90 Å². The fourth-order valence-electron chi connectivity index (χ4n) is 3.15. The largest absolute Gasteiger partial charge is 0.311 e. The van der Waals surface area contributed by atoms with E-state index in [9.17, 15) is 18.8 Å². The Morgan fingerprint density at radius 2 is 1.70 bits per heavy atom. The maximum Gasteiger partial charge on any atom is 0.261 e. The molecule has 0 N–H and O–H groups in total. The Labute approximate surface area is 157 Å². The van der Waals surface area contributed by atoms with Gasteiger partial charge >= 0.3 is 0 Å². The summed E-state index contributed by atoms with van der Waals surface area (Å²) in [4.78, 5) is 40.2. The summed E-state index contributed by atoms with van der Waals surface area (Å²) in [5.74, 6) is -1.33. The molecule has 0 unspecified atom stereocenters. The minimum Gasteiger partial charge on any atom is -0.311 e. The van der Waals surface area contributed by atoms with Crippen molar-refractivity contribution in [2.45, 2.75) is 26.2 Å². The van der Waals surface area contributed by atoms with E-state index >= 15 is 0 Å². The Kier molecular flexibility index (Phi) is 5.64. The zero-order valence-electron chi connectivity index (χ0n) is 15.2. The number of carbonyl (C=O) groups excluding carboxylic acids is 3. The molecule has 1 aliphatic rings. The van der Waals surface area contributed by atoms with Crippen LogP contribution in [-0.2, 0) is 4.79 Å². The monoisotopic (exact) mass is 368 g/mol. The van der Waals surface area contributed by atoms with Crippen LogP contribution in [0.5, 0.6) is 0 Å². The average molecular weight is 368 g/mol. The predicted octanol–water partition coefficient (Wildman–Crippen LogP) is 3.65. The normalized spacial score (nSPS) is 13.0. The van der Waals surface area contributed by atoms with E-state index in [0.717, 1.165) is 17.7 Å². The molecule has 1 heterocycles. The minimum absolute atomic E-state index is 0.0563. The lowest BCUT2D eigenvalue weighted by atomic mass is 10.1. The van der Waals surface area contributed by atoms with Crippen molar-refractivity contribution in [2.24, 2.45) is 0 Å².